The predicted molar refractivity (Wildman–Crippen MR) is 123 cm³/mol. The summed E-state index contributed by atoms with van der Waals surface area (Å²) in [6, 6.07) is 8.46. The molecule has 182 valence electrons. The lowest BCUT2D eigenvalue weighted by molar-refractivity contribution is -0.141. The SMILES string of the molecule is Cn1ccc(N(C(=O)c2ccc3nc(N)n4cnnc4c3c2)C2CCc3nc(C(F)(F)F)ccc32)n1. The number of aromatic nitrogens is 7. The summed E-state index contributed by atoms with van der Waals surface area (Å²) in [6.07, 6.45) is -0.695. The molecule has 6 rings (SSSR count). The topological polar surface area (TPSA) is 120 Å². The van der Waals surface area contributed by atoms with Crippen molar-refractivity contribution in [1.29, 1.82) is 0 Å². The van der Waals surface area contributed by atoms with Crippen LogP contribution in [0.3, 0.4) is 0 Å². The first-order valence-corrected chi connectivity index (χ1v) is 11.0. The number of aryl methyl sites for hydroxylation is 2. The molecular weight excluding hydrogens is 475 g/mol. The maximum Gasteiger partial charge on any atom is 0.433 e. The Morgan fingerprint density at radius 3 is 2.75 bits per heavy atom. The second-order valence-corrected chi connectivity index (χ2v) is 8.53. The van der Waals surface area contributed by atoms with Crippen LogP contribution in [0, 0.1) is 0 Å². The van der Waals surface area contributed by atoms with E-state index in [1.807, 2.05) is 0 Å². The third-order valence-corrected chi connectivity index (χ3v) is 6.30. The van der Waals surface area contributed by atoms with Gasteiger partial charge >= 0.3 is 6.18 Å². The number of anilines is 2. The van der Waals surface area contributed by atoms with Gasteiger partial charge in [0.25, 0.3) is 5.91 Å². The minimum Gasteiger partial charge on any atom is -0.369 e. The Morgan fingerprint density at radius 2 is 2.00 bits per heavy atom. The van der Waals surface area contributed by atoms with Crippen molar-refractivity contribution < 1.29 is 18.0 Å². The Kier molecular flexibility index (Phi) is 4.71. The number of halogens is 3. The van der Waals surface area contributed by atoms with Gasteiger partial charge in [-0.25, -0.2) is 9.97 Å². The second-order valence-electron chi connectivity index (χ2n) is 8.53. The number of hydrogen-bond acceptors (Lipinski definition) is 7. The number of hydrogen-bond donors (Lipinski definition) is 1. The first kappa shape index (κ1) is 21.9. The fourth-order valence-corrected chi connectivity index (χ4v) is 4.66. The summed E-state index contributed by atoms with van der Waals surface area (Å²) in [6.45, 7) is 0. The third kappa shape index (κ3) is 3.42. The van der Waals surface area contributed by atoms with E-state index in [0.717, 1.165) is 6.07 Å². The molecule has 1 atom stereocenters. The number of pyridine rings is 1. The highest BCUT2D eigenvalue weighted by atomic mass is 19.4. The van der Waals surface area contributed by atoms with E-state index >= 15 is 0 Å². The van der Waals surface area contributed by atoms with E-state index in [2.05, 4.69) is 25.3 Å². The molecule has 0 saturated heterocycles. The molecule has 0 saturated carbocycles. The highest BCUT2D eigenvalue weighted by Crippen LogP contribution is 2.40. The Balaban J connectivity index is 1.46. The molecule has 5 aromatic rings. The summed E-state index contributed by atoms with van der Waals surface area (Å²) in [5.41, 5.74) is 7.24. The molecule has 13 heteroatoms. The Bertz CT molecular complexity index is 1660. The normalized spacial score (nSPS) is 15.5. The Morgan fingerprint density at radius 1 is 1.17 bits per heavy atom. The average molecular weight is 493 g/mol. The maximum absolute atomic E-state index is 14.0. The van der Waals surface area contributed by atoms with Gasteiger partial charge in [0, 0.05) is 36.0 Å². The van der Waals surface area contributed by atoms with E-state index in [1.54, 1.807) is 42.2 Å². The van der Waals surface area contributed by atoms with Gasteiger partial charge in [-0.2, -0.15) is 18.3 Å². The smallest absolute Gasteiger partial charge is 0.369 e. The average Bonchev–Trinajstić information content (AvgIpc) is 3.59. The van der Waals surface area contributed by atoms with Crippen molar-refractivity contribution in [2.45, 2.75) is 25.1 Å². The number of carbonyl (C=O) groups excluding carboxylic acids is 1. The summed E-state index contributed by atoms with van der Waals surface area (Å²) < 4.78 is 42.7. The van der Waals surface area contributed by atoms with Crippen LogP contribution in [0.5, 0.6) is 0 Å². The zero-order chi connectivity index (χ0) is 25.2. The zero-order valence-corrected chi connectivity index (χ0v) is 18.8. The van der Waals surface area contributed by atoms with Crippen molar-refractivity contribution >= 4 is 34.2 Å². The van der Waals surface area contributed by atoms with Crippen LogP contribution < -0.4 is 10.6 Å². The quantitative estimate of drug-likeness (QED) is 0.409. The van der Waals surface area contributed by atoms with Gasteiger partial charge in [0.2, 0.25) is 5.95 Å². The number of nitrogen functional groups attached to an aromatic ring is 1. The molecular formula is C23H18F3N9O. The summed E-state index contributed by atoms with van der Waals surface area (Å²) in [4.78, 5) is 23.6. The standard InChI is InChI=1S/C23H18F3N9O/c1-33-9-8-19(32-33)35(17-6-5-15-13(17)3-7-18(29-15)23(24,25)26)21(36)12-2-4-16-14(10-12)20-31-28-11-34(20)22(27)30-16/h2-4,7-11,17H,5-6H2,1H3,(H2,27,30). The van der Waals surface area contributed by atoms with Crippen LogP contribution in [-0.4, -0.2) is 40.3 Å². The molecule has 1 unspecified atom stereocenters. The van der Waals surface area contributed by atoms with E-state index < -0.39 is 17.9 Å². The number of carbonyl (C=O) groups is 1. The van der Waals surface area contributed by atoms with E-state index in [9.17, 15) is 18.0 Å². The lowest BCUT2D eigenvalue weighted by Gasteiger charge is -2.28. The van der Waals surface area contributed by atoms with Crippen LogP contribution in [0.25, 0.3) is 16.6 Å². The van der Waals surface area contributed by atoms with Crippen molar-refractivity contribution in [3.05, 3.63) is 71.4 Å². The van der Waals surface area contributed by atoms with Gasteiger partial charge in [-0.3, -0.25) is 18.8 Å². The minimum absolute atomic E-state index is 0.213. The van der Waals surface area contributed by atoms with E-state index in [1.165, 1.54) is 21.7 Å². The molecule has 0 bridgehead atoms. The van der Waals surface area contributed by atoms with Crippen LogP contribution in [0.1, 0.15) is 39.8 Å². The Hall–Kier alpha value is -4.55. The molecule has 4 aromatic heterocycles. The lowest BCUT2D eigenvalue weighted by atomic mass is 10.1. The van der Waals surface area contributed by atoms with E-state index in [0.29, 0.717) is 52.0 Å². The molecule has 1 aliphatic rings. The van der Waals surface area contributed by atoms with Gasteiger partial charge in [-0.15, -0.1) is 10.2 Å². The molecule has 1 aliphatic carbocycles. The van der Waals surface area contributed by atoms with Crippen LogP contribution >= 0.6 is 0 Å². The van der Waals surface area contributed by atoms with Gasteiger partial charge in [0.15, 0.2) is 11.5 Å². The molecule has 36 heavy (non-hydrogen) atoms. The number of fused-ring (bicyclic) bond motifs is 4. The van der Waals surface area contributed by atoms with Gasteiger partial charge < -0.3 is 5.73 Å². The first-order chi connectivity index (χ1) is 17.2. The van der Waals surface area contributed by atoms with Crippen LogP contribution in [0.2, 0.25) is 0 Å². The molecule has 0 spiro atoms. The minimum atomic E-state index is -4.54. The third-order valence-electron chi connectivity index (χ3n) is 6.30. The summed E-state index contributed by atoms with van der Waals surface area (Å²) in [5, 5.41) is 13.0. The van der Waals surface area contributed by atoms with Crippen molar-refractivity contribution in [2.75, 3.05) is 10.6 Å². The number of rotatable bonds is 3. The molecule has 0 radical (unpaired) electrons. The second kappa shape index (κ2) is 7.73. The highest BCUT2D eigenvalue weighted by Gasteiger charge is 2.38. The molecule has 1 amide bonds. The summed E-state index contributed by atoms with van der Waals surface area (Å²) >= 11 is 0. The van der Waals surface area contributed by atoms with Crippen molar-refractivity contribution in [3.63, 3.8) is 0 Å². The number of nitrogens with zero attached hydrogens (tertiary/aromatic N) is 8. The Labute approximate surface area is 201 Å². The van der Waals surface area contributed by atoms with Gasteiger partial charge in [-0.1, -0.05) is 6.07 Å². The van der Waals surface area contributed by atoms with Crippen LogP contribution in [-0.2, 0) is 19.6 Å². The molecule has 4 heterocycles. The number of amides is 1. The summed E-state index contributed by atoms with van der Waals surface area (Å²) in [5.74, 6) is 0.219. The van der Waals surface area contributed by atoms with Gasteiger partial charge in [0.1, 0.15) is 12.0 Å². The lowest BCUT2D eigenvalue weighted by Crippen LogP contribution is -2.34. The van der Waals surface area contributed by atoms with Gasteiger partial charge in [-0.05, 0) is 42.7 Å². The van der Waals surface area contributed by atoms with E-state index in [-0.39, 0.29) is 11.9 Å². The fraction of sp³-hybridized carbons (Fsp3) is 0.217. The first-order valence-electron chi connectivity index (χ1n) is 11.0. The van der Waals surface area contributed by atoms with Crippen molar-refractivity contribution in [1.82, 2.24) is 34.3 Å². The molecule has 0 fully saturated rings. The van der Waals surface area contributed by atoms with Crippen molar-refractivity contribution in [2.24, 2.45) is 7.05 Å². The molecule has 1 aromatic carbocycles. The fourth-order valence-electron chi connectivity index (χ4n) is 4.66. The van der Waals surface area contributed by atoms with E-state index in [4.69, 9.17) is 5.73 Å². The monoisotopic (exact) mass is 493 g/mol. The molecule has 2 N–H and O–H groups in total. The predicted octanol–water partition coefficient (Wildman–Crippen LogP) is 3.34. The van der Waals surface area contributed by atoms with Gasteiger partial charge in [0.05, 0.1) is 11.6 Å². The molecule has 10 nitrogen and oxygen atoms in total. The van der Waals surface area contributed by atoms with Crippen LogP contribution in [0.4, 0.5) is 24.9 Å². The summed E-state index contributed by atoms with van der Waals surface area (Å²) in [7, 11) is 1.72. The zero-order valence-electron chi connectivity index (χ0n) is 18.8. The van der Waals surface area contributed by atoms with Crippen molar-refractivity contribution in [3.8, 4) is 0 Å². The number of alkyl halides is 3. The number of nitrogens with two attached hydrogens (primary N) is 1. The maximum atomic E-state index is 14.0. The highest BCUT2D eigenvalue weighted by molar-refractivity contribution is 6.09. The van der Waals surface area contributed by atoms with Crippen LogP contribution in [0.15, 0.2) is 48.9 Å². The molecule has 0 aliphatic heterocycles. The largest absolute Gasteiger partial charge is 0.433 e. The number of benzene rings is 1.